The van der Waals surface area contributed by atoms with Crippen molar-refractivity contribution >= 4 is 31.5 Å². The Balaban J connectivity index is 3.84. The van der Waals surface area contributed by atoms with Crippen LogP contribution in [0.15, 0.2) is 26.9 Å². The Hall–Kier alpha value is -1.94. The van der Waals surface area contributed by atoms with E-state index < -0.39 is 36.4 Å². The molecule has 1 amide bonds. The van der Waals surface area contributed by atoms with E-state index in [9.17, 15) is 21.6 Å². The van der Waals surface area contributed by atoms with Crippen molar-refractivity contribution in [3.8, 4) is 0 Å². The molecule has 0 saturated heterocycles. The standard InChI is InChI=1S/C12H17N3O5S2/c1-4-7-5-9(21(2,17)18)10(22(3,19)20)6-8(7)11(16)15-12(13)14/h5-6H,4H2,1-3H3,(H4,13,14,15,16). The first-order valence-corrected chi connectivity index (χ1v) is 9.87. The van der Waals surface area contributed by atoms with Crippen LogP contribution in [0.25, 0.3) is 0 Å². The molecule has 1 rings (SSSR count). The minimum Gasteiger partial charge on any atom is -0.370 e. The first kappa shape index (κ1) is 18.1. The molecule has 10 heteroatoms. The Morgan fingerprint density at radius 1 is 1.05 bits per heavy atom. The number of hydrogen-bond donors (Lipinski definition) is 2. The number of sulfone groups is 2. The molecule has 122 valence electrons. The summed E-state index contributed by atoms with van der Waals surface area (Å²) in [4.78, 5) is 14.5. The topological polar surface area (TPSA) is 150 Å². The fraction of sp³-hybridized carbons (Fsp3) is 0.333. The molecule has 0 fully saturated rings. The van der Waals surface area contributed by atoms with Crippen molar-refractivity contribution < 1.29 is 21.6 Å². The third-order valence-electron chi connectivity index (χ3n) is 2.81. The molecular formula is C12H17N3O5S2. The molecule has 22 heavy (non-hydrogen) atoms. The average molecular weight is 347 g/mol. The Morgan fingerprint density at radius 3 is 1.86 bits per heavy atom. The molecule has 0 radical (unpaired) electrons. The summed E-state index contributed by atoms with van der Waals surface area (Å²) in [5.74, 6) is -1.30. The first-order chi connectivity index (χ1) is 9.87. The van der Waals surface area contributed by atoms with Gasteiger partial charge in [0.1, 0.15) is 0 Å². The smallest absolute Gasteiger partial charge is 0.280 e. The van der Waals surface area contributed by atoms with E-state index >= 15 is 0 Å². The van der Waals surface area contributed by atoms with Gasteiger partial charge in [-0.2, -0.15) is 4.99 Å². The molecule has 0 aliphatic rings. The van der Waals surface area contributed by atoms with Crippen LogP contribution in [-0.2, 0) is 26.1 Å². The quantitative estimate of drug-likeness (QED) is 0.549. The number of nitrogens with zero attached hydrogens (tertiary/aromatic N) is 1. The highest BCUT2D eigenvalue weighted by molar-refractivity contribution is 7.93. The predicted octanol–water partition coefficient (Wildman–Crippen LogP) is -0.530. The normalized spacial score (nSPS) is 12.0. The Kier molecular flexibility index (Phi) is 4.98. The number of aryl methyl sites for hydroxylation is 1. The molecular weight excluding hydrogens is 330 g/mol. The van der Waals surface area contributed by atoms with Crippen LogP contribution >= 0.6 is 0 Å². The van der Waals surface area contributed by atoms with Gasteiger partial charge >= 0.3 is 0 Å². The van der Waals surface area contributed by atoms with E-state index in [0.717, 1.165) is 18.6 Å². The Bertz CT molecular complexity index is 851. The highest BCUT2D eigenvalue weighted by atomic mass is 32.2. The second kappa shape index (κ2) is 6.05. The lowest BCUT2D eigenvalue weighted by atomic mass is 10.0. The van der Waals surface area contributed by atoms with E-state index in [4.69, 9.17) is 11.5 Å². The summed E-state index contributed by atoms with van der Waals surface area (Å²) in [5.41, 5.74) is 10.6. The number of amides is 1. The second-order valence-corrected chi connectivity index (χ2v) is 8.66. The number of nitrogens with two attached hydrogens (primary N) is 2. The predicted molar refractivity (Wildman–Crippen MR) is 82.2 cm³/mol. The van der Waals surface area contributed by atoms with Crippen molar-refractivity contribution in [1.29, 1.82) is 0 Å². The Labute approximate surface area is 129 Å². The molecule has 4 N–H and O–H groups in total. The molecule has 0 heterocycles. The van der Waals surface area contributed by atoms with Gasteiger partial charge in [-0.1, -0.05) is 6.92 Å². The summed E-state index contributed by atoms with van der Waals surface area (Å²) in [6.45, 7) is 1.69. The molecule has 0 spiro atoms. The lowest BCUT2D eigenvalue weighted by Gasteiger charge is -2.12. The molecule has 1 aromatic carbocycles. The monoisotopic (exact) mass is 347 g/mol. The van der Waals surface area contributed by atoms with Gasteiger partial charge in [-0.25, -0.2) is 16.8 Å². The number of aliphatic imine (C=N–C) groups is 1. The fourth-order valence-corrected chi connectivity index (χ4v) is 4.30. The summed E-state index contributed by atoms with van der Waals surface area (Å²) in [6, 6.07) is 2.17. The van der Waals surface area contributed by atoms with Crippen LogP contribution in [0, 0.1) is 0 Å². The van der Waals surface area contributed by atoms with Crippen LogP contribution in [-0.4, -0.2) is 41.2 Å². The minimum absolute atomic E-state index is 0.0521. The van der Waals surface area contributed by atoms with E-state index in [1.165, 1.54) is 6.07 Å². The maximum Gasteiger partial charge on any atom is 0.280 e. The van der Waals surface area contributed by atoms with Crippen molar-refractivity contribution in [1.82, 2.24) is 0 Å². The largest absolute Gasteiger partial charge is 0.370 e. The number of rotatable bonds is 4. The van der Waals surface area contributed by atoms with Crippen molar-refractivity contribution in [2.75, 3.05) is 12.5 Å². The summed E-state index contributed by atoms with van der Waals surface area (Å²) in [5, 5.41) is 0. The van der Waals surface area contributed by atoms with E-state index in [2.05, 4.69) is 4.99 Å². The van der Waals surface area contributed by atoms with E-state index in [-0.39, 0.29) is 10.5 Å². The van der Waals surface area contributed by atoms with Gasteiger partial charge in [0.05, 0.1) is 9.79 Å². The first-order valence-electron chi connectivity index (χ1n) is 6.09. The molecule has 0 bridgehead atoms. The van der Waals surface area contributed by atoms with Crippen molar-refractivity contribution in [3.63, 3.8) is 0 Å². The molecule has 0 unspecified atom stereocenters. The van der Waals surface area contributed by atoms with Crippen molar-refractivity contribution in [3.05, 3.63) is 23.3 Å². The fourth-order valence-electron chi connectivity index (χ4n) is 1.85. The molecule has 0 atom stereocenters. The third kappa shape index (κ3) is 4.04. The SMILES string of the molecule is CCc1cc(S(C)(=O)=O)c(S(C)(=O)=O)cc1C(=O)N=C(N)N. The number of carbonyl (C=O) groups excluding carboxylic acids is 1. The third-order valence-corrected chi connectivity index (χ3v) is 5.21. The van der Waals surface area contributed by atoms with Crippen LogP contribution in [0.2, 0.25) is 0 Å². The van der Waals surface area contributed by atoms with Crippen LogP contribution in [0.1, 0.15) is 22.8 Å². The van der Waals surface area contributed by atoms with Gasteiger partial charge in [0.2, 0.25) is 0 Å². The zero-order valence-corrected chi connectivity index (χ0v) is 14.0. The van der Waals surface area contributed by atoms with Gasteiger partial charge in [-0.3, -0.25) is 4.79 Å². The van der Waals surface area contributed by atoms with Gasteiger partial charge in [0, 0.05) is 18.1 Å². The number of hydrogen-bond acceptors (Lipinski definition) is 5. The summed E-state index contributed by atoms with van der Waals surface area (Å²) in [6.07, 6.45) is 2.05. The number of guanidine groups is 1. The van der Waals surface area contributed by atoms with E-state index in [1.807, 2.05) is 0 Å². The molecule has 1 aromatic rings. The summed E-state index contributed by atoms with van der Waals surface area (Å²) in [7, 11) is -7.66. The lowest BCUT2D eigenvalue weighted by Crippen LogP contribution is -2.24. The van der Waals surface area contributed by atoms with Gasteiger partial charge in [-0.05, 0) is 24.1 Å². The zero-order chi connectivity index (χ0) is 17.3. The van der Waals surface area contributed by atoms with Crippen LogP contribution in [0.4, 0.5) is 0 Å². The van der Waals surface area contributed by atoms with Crippen LogP contribution in [0.3, 0.4) is 0 Å². The lowest BCUT2D eigenvalue weighted by molar-refractivity contribution is 0.100. The Morgan fingerprint density at radius 2 is 1.50 bits per heavy atom. The van der Waals surface area contributed by atoms with Gasteiger partial charge in [0.15, 0.2) is 25.6 Å². The van der Waals surface area contributed by atoms with Crippen LogP contribution < -0.4 is 11.5 Å². The number of carbonyl (C=O) groups is 1. The second-order valence-electron chi connectivity index (χ2n) is 4.70. The van der Waals surface area contributed by atoms with E-state index in [0.29, 0.717) is 12.0 Å². The maximum atomic E-state index is 12.0. The van der Waals surface area contributed by atoms with Crippen molar-refractivity contribution in [2.24, 2.45) is 16.5 Å². The highest BCUT2D eigenvalue weighted by Gasteiger charge is 2.25. The molecule has 0 saturated carbocycles. The number of benzene rings is 1. The minimum atomic E-state index is -3.87. The molecule has 0 aromatic heterocycles. The summed E-state index contributed by atoms with van der Waals surface area (Å²) < 4.78 is 47.3. The summed E-state index contributed by atoms with van der Waals surface area (Å²) >= 11 is 0. The van der Waals surface area contributed by atoms with Gasteiger partial charge in [0.25, 0.3) is 5.91 Å². The molecule has 8 nitrogen and oxygen atoms in total. The van der Waals surface area contributed by atoms with Gasteiger partial charge < -0.3 is 11.5 Å². The molecule has 0 aliphatic carbocycles. The highest BCUT2D eigenvalue weighted by Crippen LogP contribution is 2.26. The zero-order valence-electron chi connectivity index (χ0n) is 12.3. The van der Waals surface area contributed by atoms with Crippen molar-refractivity contribution in [2.45, 2.75) is 23.1 Å². The van der Waals surface area contributed by atoms with Crippen LogP contribution in [0.5, 0.6) is 0 Å². The van der Waals surface area contributed by atoms with Gasteiger partial charge in [-0.15, -0.1) is 0 Å². The van der Waals surface area contributed by atoms with E-state index in [1.54, 1.807) is 6.92 Å². The molecule has 0 aliphatic heterocycles. The maximum absolute atomic E-state index is 12.0. The average Bonchev–Trinajstić information content (AvgIpc) is 2.34.